The summed E-state index contributed by atoms with van der Waals surface area (Å²) in [7, 11) is -1.57. The quantitative estimate of drug-likeness (QED) is 0.701. The van der Waals surface area contributed by atoms with E-state index in [1.165, 1.54) is 15.6 Å². The third kappa shape index (κ3) is 5.27. The van der Waals surface area contributed by atoms with Crippen LogP contribution in [0.3, 0.4) is 0 Å². The summed E-state index contributed by atoms with van der Waals surface area (Å²) in [6, 6.07) is 8.90. The van der Waals surface area contributed by atoms with Gasteiger partial charge in [0.1, 0.15) is 0 Å². The number of sulfonamides is 1. The van der Waals surface area contributed by atoms with Crippen LogP contribution in [0.4, 0.5) is 11.4 Å². The van der Waals surface area contributed by atoms with E-state index in [4.69, 9.17) is 4.74 Å². The first-order valence-electron chi connectivity index (χ1n) is 10.4. The van der Waals surface area contributed by atoms with Gasteiger partial charge in [0.25, 0.3) is 0 Å². The number of nitrogens with zero attached hydrogens (tertiary/aromatic N) is 3. The first-order chi connectivity index (χ1) is 14.9. The highest BCUT2D eigenvalue weighted by Crippen LogP contribution is 2.31. The number of benzene rings is 1. The number of carbonyl (C=O) groups excluding carboxylic acids is 1. The molecule has 0 radical (unpaired) electrons. The molecule has 2 aromatic rings. The van der Waals surface area contributed by atoms with Crippen molar-refractivity contribution >= 4 is 38.6 Å². The zero-order valence-electron chi connectivity index (χ0n) is 17.6. The number of thiophene rings is 1. The Bertz CT molecular complexity index is 996. The van der Waals surface area contributed by atoms with Crippen molar-refractivity contribution in [2.75, 3.05) is 69.7 Å². The normalized spacial score (nSPS) is 18.8. The van der Waals surface area contributed by atoms with Crippen LogP contribution in [0.2, 0.25) is 0 Å². The predicted octanol–water partition coefficient (Wildman–Crippen LogP) is 1.70. The lowest BCUT2D eigenvalue weighted by Crippen LogP contribution is -2.44. The molecule has 1 amide bonds. The number of anilines is 2. The van der Waals surface area contributed by atoms with Crippen molar-refractivity contribution in [2.45, 2.75) is 11.3 Å². The second-order valence-electron chi connectivity index (χ2n) is 7.79. The van der Waals surface area contributed by atoms with Crippen molar-refractivity contribution in [3.05, 3.63) is 40.6 Å². The Hall–Kier alpha value is -1.98. The molecule has 0 saturated carbocycles. The summed E-state index contributed by atoms with van der Waals surface area (Å²) >= 11 is 1.53. The van der Waals surface area contributed by atoms with Gasteiger partial charge < -0.3 is 19.9 Å². The highest BCUT2D eigenvalue weighted by molar-refractivity contribution is 7.89. The summed E-state index contributed by atoms with van der Waals surface area (Å²) in [6.07, 6.45) is 0.264. The fourth-order valence-corrected chi connectivity index (χ4v) is 5.94. The van der Waals surface area contributed by atoms with Gasteiger partial charge in [-0.25, -0.2) is 8.42 Å². The van der Waals surface area contributed by atoms with Crippen LogP contribution in [-0.2, 0) is 26.0 Å². The summed E-state index contributed by atoms with van der Waals surface area (Å²) in [6.45, 7) is 4.92. The Balaban J connectivity index is 1.62. The van der Waals surface area contributed by atoms with Crippen molar-refractivity contribution in [3.63, 3.8) is 0 Å². The lowest BCUT2D eigenvalue weighted by Gasteiger charge is -2.35. The average molecular weight is 465 g/mol. The lowest BCUT2D eigenvalue weighted by atomic mass is 10.2. The van der Waals surface area contributed by atoms with Crippen LogP contribution in [-0.4, -0.2) is 83.1 Å². The fraction of sp³-hybridized carbons (Fsp3) is 0.476. The van der Waals surface area contributed by atoms with E-state index in [9.17, 15) is 13.2 Å². The van der Waals surface area contributed by atoms with Crippen LogP contribution in [0.25, 0.3) is 0 Å². The number of rotatable bonds is 6. The van der Waals surface area contributed by atoms with Gasteiger partial charge in [-0.3, -0.25) is 4.79 Å². The molecule has 8 nitrogen and oxygen atoms in total. The smallest absolute Gasteiger partial charge is 0.243 e. The molecule has 0 aliphatic carbocycles. The fourth-order valence-electron chi connectivity index (χ4n) is 3.80. The molecule has 31 heavy (non-hydrogen) atoms. The van der Waals surface area contributed by atoms with Crippen LogP contribution >= 0.6 is 11.3 Å². The second-order valence-corrected chi connectivity index (χ2v) is 10.8. The van der Waals surface area contributed by atoms with Gasteiger partial charge in [0.05, 0.1) is 35.9 Å². The highest BCUT2D eigenvalue weighted by atomic mass is 32.2. The summed E-state index contributed by atoms with van der Waals surface area (Å²) < 4.78 is 33.0. The summed E-state index contributed by atoms with van der Waals surface area (Å²) in [4.78, 5) is 18.3. The van der Waals surface area contributed by atoms with Gasteiger partial charge >= 0.3 is 0 Å². The van der Waals surface area contributed by atoms with E-state index >= 15 is 0 Å². The minimum absolute atomic E-state index is 0.154. The van der Waals surface area contributed by atoms with Crippen molar-refractivity contribution in [2.24, 2.45) is 0 Å². The molecule has 168 valence electrons. The Kier molecular flexibility index (Phi) is 6.92. The van der Waals surface area contributed by atoms with E-state index in [0.717, 1.165) is 36.7 Å². The first-order valence-corrected chi connectivity index (χ1v) is 12.7. The Labute approximate surface area is 187 Å². The molecule has 2 aliphatic heterocycles. The zero-order valence-corrected chi connectivity index (χ0v) is 19.3. The predicted molar refractivity (Wildman–Crippen MR) is 122 cm³/mol. The van der Waals surface area contributed by atoms with Crippen molar-refractivity contribution in [3.8, 4) is 0 Å². The maximum atomic E-state index is 13.2. The molecule has 2 saturated heterocycles. The third-order valence-electron chi connectivity index (χ3n) is 5.61. The molecule has 0 unspecified atom stereocenters. The zero-order chi connectivity index (χ0) is 21.8. The van der Waals surface area contributed by atoms with Crippen molar-refractivity contribution < 1.29 is 17.9 Å². The Morgan fingerprint density at radius 3 is 2.52 bits per heavy atom. The SMILES string of the molecule is CN1CCN(c2ccc(S(=O)(=O)N3CCOCC3)cc2NC(=O)Cc2cccs2)CC1. The summed E-state index contributed by atoms with van der Waals surface area (Å²) in [5.74, 6) is -0.154. The average Bonchev–Trinajstić information content (AvgIpc) is 3.28. The Morgan fingerprint density at radius 1 is 1.10 bits per heavy atom. The molecule has 4 rings (SSSR count). The molecule has 0 spiro atoms. The molecule has 1 N–H and O–H groups in total. The number of nitrogens with one attached hydrogen (secondary N) is 1. The van der Waals surface area contributed by atoms with Gasteiger partial charge in [-0.15, -0.1) is 11.3 Å². The van der Waals surface area contributed by atoms with Gasteiger partial charge in [-0.05, 0) is 36.7 Å². The maximum absolute atomic E-state index is 13.2. The molecule has 10 heteroatoms. The number of likely N-dealkylation sites (N-methyl/N-ethyl adjacent to an activating group) is 1. The molecule has 0 atom stereocenters. The van der Waals surface area contributed by atoms with Crippen LogP contribution in [0, 0.1) is 0 Å². The standard InChI is InChI=1S/C21H28N4O4S2/c1-23-6-8-24(9-7-23)20-5-4-18(31(27,28)25-10-12-29-13-11-25)16-19(20)22-21(26)15-17-3-2-14-30-17/h2-5,14,16H,6-13,15H2,1H3,(H,22,26). The van der Waals surface area contributed by atoms with Crippen LogP contribution in [0.1, 0.15) is 4.88 Å². The van der Waals surface area contributed by atoms with Crippen LogP contribution in [0.5, 0.6) is 0 Å². The van der Waals surface area contributed by atoms with E-state index in [0.29, 0.717) is 32.0 Å². The second kappa shape index (κ2) is 9.66. The van der Waals surface area contributed by atoms with E-state index < -0.39 is 10.0 Å². The molecular weight excluding hydrogens is 436 g/mol. The Morgan fingerprint density at radius 2 is 1.84 bits per heavy atom. The summed E-state index contributed by atoms with van der Waals surface area (Å²) in [5.41, 5.74) is 1.40. The summed E-state index contributed by atoms with van der Waals surface area (Å²) in [5, 5.41) is 4.92. The number of piperazine rings is 1. The van der Waals surface area contributed by atoms with E-state index in [1.807, 2.05) is 23.6 Å². The molecule has 1 aromatic heterocycles. The molecule has 0 bridgehead atoms. The number of ether oxygens (including phenoxy) is 1. The molecule has 1 aromatic carbocycles. The van der Waals surface area contributed by atoms with E-state index in [-0.39, 0.29) is 17.2 Å². The maximum Gasteiger partial charge on any atom is 0.243 e. The monoisotopic (exact) mass is 464 g/mol. The molecule has 3 heterocycles. The molecule has 2 aliphatic rings. The first kappa shape index (κ1) is 22.2. The number of hydrogen-bond donors (Lipinski definition) is 1. The van der Waals surface area contributed by atoms with Gasteiger partial charge in [-0.2, -0.15) is 4.31 Å². The minimum atomic E-state index is -3.65. The van der Waals surface area contributed by atoms with Gasteiger partial charge in [0.15, 0.2) is 0 Å². The van der Waals surface area contributed by atoms with Crippen LogP contribution < -0.4 is 10.2 Å². The van der Waals surface area contributed by atoms with E-state index in [1.54, 1.807) is 12.1 Å². The number of hydrogen-bond acceptors (Lipinski definition) is 7. The van der Waals surface area contributed by atoms with Crippen molar-refractivity contribution in [1.82, 2.24) is 9.21 Å². The minimum Gasteiger partial charge on any atom is -0.379 e. The van der Waals surface area contributed by atoms with Gasteiger partial charge in [0, 0.05) is 44.1 Å². The largest absolute Gasteiger partial charge is 0.379 e. The van der Waals surface area contributed by atoms with Gasteiger partial charge in [-0.1, -0.05) is 6.07 Å². The molecular formula is C21H28N4O4S2. The third-order valence-corrected chi connectivity index (χ3v) is 8.38. The number of morpholine rings is 1. The topological polar surface area (TPSA) is 82.2 Å². The highest BCUT2D eigenvalue weighted by Gasteiger charge is 2.28. The molecule has 2 fully saturated rings. The number of amides is 1. The van der Waals surface area contributed by atoms with Crippen LogP contribution in [0.15, 0.2) is 40.6 Å². The number of carbonyl (C=O) groups is 1. The van der Waals surface area contributed by atoms with E-state index in [2.05, 4.69) is 22.2 Å². The lowest BCUT2D eigenvalue weighted by molar-refractivity contribution is -0.115. The van der Waals surface area contributed by atoms with Gasteiger partial charge in [0.2, 0.25) is 15.9 Å². The van der Waals surface area contributed by atoms with Crippen molar-refractivity contribution in [1.29, 1.82) is 0 Å².